The minimum absolute atomic E-state index is 0.154. The number of carboxylic acids is 1. The maximum Gasteiger partial charge on any atom is 0.339 e. The third-order valence-electron chi connectivity index (χ3n) is 4.55. The molecule has 3 rings (SSSR count). The van der Waals surface area contributed by atoms with Gasteiger partial charge in [-0.2, -0.15) is 0 Å². The fourth-order valence-corrected chi connectivity index (χ4v) is 4.65. The Morgan fingerprint density at radius 1 is 1.32 bits per heavy atom. The lowest BCUT2D eigenvalue weighted by atomic mass is 9.77. The van der Waals surface area contributed by atoms with Crippen LogP contribution in [0.3, 0.4) is 0 Å². The number of rotatable bonds is 4. The molecule has 0 aliphatic heterocycles. The minimum atomic E-state index is -0.988. The van der Waals surface area contributed by atoms with Gasteiger partial charge in [-0.3, -0.25) is 4.79 Å². The number of carbonyl (C=O) groups is 2. The van der Waals surface area contributed by atoms with Crippen LogP contribution in [0, 0.1) is 5.41 Å². The maximum absolute atomic E-state index is 12.5. The van der Waals surface area contributed by atoms with Crippen molar-refractivity contribution in [3.8, 4) is 5.75 Å². The number of benzene rings is 1. The Morgan fingerprint density at radius 3 is 2.76 bits per heavy atom. The average Bonchev–Trinajstić information content (AvgIpc) is 2.90. The van der Waals surface area contributed by atoms with E-state index >= 15 is 0 Å². The molecule has 2 aromatic rings. The molecule has 5 nitrogen and oxygen atoms in total. The van der Waals surface area contributed by atoms with Crippen LogP contribution in [0.25, 0.3) is 0 Å². The summed E-state index contributed by atoms with van der Waals surface area (Å²) in [5.41, 5.74) is 1.70. The Balaban J connectivity index is 1.93. The lowest BCUT2D eigenvalue weighted by molar-refractivity contribution is 0.0696. The predicted molar refractivity (Wildman–Crippen MR) is 98.0 cm³/mol. The van der Waals surface area contributed by atoms with E-state index in [1.165, 1.54) is 18.4 Å². The Labute approximate surface area is 150 Å². The summed E-state index contributed by atoms with van der Waals surface area (Å²) in [4.78, 5) is 25.4. The van der Waals surface area contributed by atoms with E-state index in [0.29, 0.717) is 16.3 Å². The van der Waals surface area contributed by atoms with Crippen molar-refractivity contribution in [1.82, 2.24) is 0 Å². The van der Waals surface area contributed by atoms with Gasteiger partial charge in [-0.05, 0) is 48.4 Å². The number of nitrogens with one attached hydrogen (secondary N) is 1. The number of fused-ring (bicyclic) bond motifs is 1. The molecule has 0 unspecified atom stereocenters. The van der Waals surface area contributed by atoms with E-state index in [9.17, 15) is 14.7 Å². The van der Waals surface area contributed by atoms with E-state index in [0.717, 1.165) is 29.7 Å². The summed E-state index contributed by atoms with van der Waals surface area (Å²) in [6, 6.07) is 6.79. The van der Waals surface area contributed by atoms with Crippen LogP contribution < -0.4 is 10.1 Å². The Bertz CT molecular complexity index is 838. The van der Waals surface area contributed by atoms with Gasteiger partial charge >= 0.3 is 5.97 Å². The summed E-state index contributed by atoms with van der Waals surface area (Å²) < 4.78 is 5.13. The first-order valence-electron chi connectivity index (χ1n) is 8.14. The molecule has 1 aromatic carbocycles. The standard InChI is InChI=1S/C19H21NO4S/c1-19(2)8-7-13-14(10-19)25-17(15(13)18(22)23)20-16(21)11-5-4-6-12(9-11)24-3/h4-6,9H,7-8,10H2,1-3H3,(H,20,21)(H,22,23). The molecule has 1 heterocycles. The van der Waals surface area contributed by atoms with Crippen LogP contribution in [0.2, 0.25) is 0 Å². The van der Waals surface area contributed by atoms with Gasteiger partial charge in [0, 0.05) is 10.4 Å². The molecule has 0 saturated heterocycles. The lowest BCUT2D eigenvalue weighted by Gasteiger charge is -2.29. The third kappa shape index (κ3) is 3.54. The predicted octanol–water partition coefficient (Wildman–Crippen LogP) is 4.22. The fraction of sp³-hybridized carbons (Fsp3) is 0.368. The van der Waals surface area contributed by atoms with Gasteiger partial charge < -0.3 is 15.2 Å². The Morgan fingerprint density at radius 2 is 2.08 bits per heavy atom. The molecule has 1 aliphatic carbocycles. The molecule has 25 heavy (non-hydrogen) atoms. The summed E-state index contributed by atoms with van der Waals surface area (Å²) in [5.74, 6) is -0.740. The summed E-state index contributed by atoms with van der Waals surface area (Å²) in [6.07, 6.45) is 2.51. The second-order valence-corrected chi connectivity index (χ2v) is 8.15. The first-order chi connectivity index (χ1) is 11.8. The van der Waals surface area contributed by atoms with Crippen LogP contribution in [0.15, 0.2) is 24.3 Å². The molecule has 6 heteroatoms. The average molecular weight is 359 g/mol. The zero-order valence-corrected chi connectivity index (χ0v) is 15.3. The Hall–Kier alpha value is -2.34. The molecule has 0 bridgehead atoms. The quantitative estimate of drug-likeness (QED) is 0.857. The van der Waals surface area contributed by atoms with Crippen LogP contribution in [0.4, 0.5) is 5.00 Å². The second-order valence-electron chi connectivity index (χ2n) is 7.04. The van der Waals surface area contributed by atoms with Gasteiger partial charge in [0.15, 0.2) is 0 Å². The molecule has 0 atom stereocenters. The van der Waals surface area contributed by atoms with Crippen molar-refractivity contribution in [3.63, 3.8) is 0 Å². The molecule has 0 radical (unpaired) electrons. The highest BCUT2D eigenvalue weighted by Crippen LogP contribution is 2.43. The van der Waals surface area contributed by atoms with Crippen molar-refractivity contribution in [2.24, 2.45) is 5.41 Å². The van der Waals surface area contributed by atoms with Crippen molar-refractivity contribution in [1.29, 1.82) is 0 Å². The van der Waals surface area contributed by atoms with Gasteiger partial charge in [-0.15, -0.1) is 11.3 Å². The number of hydrogen-bond donors (Lipinski definition) is 2. The SMILES string of the molecule is COc1cccc(C(=O)Nc2sc3c(c2C(=O)O)CCC(C)(C)C3)c1. The number of anilines is 1. The van der Waals surface area contributed by atoms with Crippen LogP contribution >= 0.6 is 11.3 Å². The molecule has 2 N–H and O–H groups in total. The van der Waals surface area contributed by atoms with E-state index in [1.807, 2.05) is 0 Å². The molecule has 1 aromatic heterocycles. The molecule has 132 valence electrons. The smallest absolute Gasteiger partial charge is 0.339 e. The van der Waals surface area contributed by atoms with Crippen molar-refractivity contribution in [2.75, 3.05) is 12.4 Å². The first-order valence-corrected chi connectivity index (χ1v) is 8.95. The topological polar surface area (TPSA) is 75.6 Å². The van der Waals surface area contributed by atoms with Crippen molar-refractivity contribution < 1.29 is 19.4 Å². The molecular formula is C19H21NO4S. The summed E-state index contributed by atoms with van der Waals surface area (Å²) in [5, 5.41) is 12.8. The highest BCUT2D eigenvalue weighted by atomic mass is 32.1. The fourth-order valence-electron chi connectivity index (χ4n) is 3.16. The zero-order valence-electron chi connectivity index (χ0n) is 14.5. The highest BCUT2D eigenvalue weighted by molar-refractivity contribution is 7.17. The number of thiophene rings is 1. The van der Waals surface area contributed by atoms with E-state index in [4.69, 9.17) is 4.74 Å². The number of hydrogen-bond acceptors (Lipinski definition) is 4. The van der Waals surface area contributed by atoms with Crippen LogP contribution in [-0.2, 0) is 12.8 Å². The van der Waals surface area contributed by atoms with Crippen molar-refractivity contribution in [2.45, 2.75) is 33.1 Å². The molecule has 1 aliphatic rings. The molecule has 0 fully saturated rings. The van der Waals surface area contributed by atoms with Gasteiger partial charge in [0.1, 0.15) is 10.8 Å². The van der Waals surface area contributed by atoms with E-state index < -0.39 is 5.97 Å². The van der Waals surface area contributed by atoms with E-state index in [2.05, 4.69) is 19.2 Å². The summed E-state index contributed by atoms with van der Waals surface area (Å²) in [7, 11) is 1.54. The van der Waals surface area contributed by atoms with Gasteiger partial charge in [-0.1, -0.05) is 19.9 Å². The number of aromatic carboxylic acids is 1. The van der Waals surface area contributed by atoms with Crippen LogP contribution in [0.1, 0.15) is 51.4 Å². The first kappa shape index (κ1) is 17.5. The van der Waals surface area contributed by atoms with Gasteiger partial charge in [-0.25, -0.2) is 4.79 Å². The Kier molecular flexibility index (Phi) is 4.56. The molecule has 0 saturated carbocycles. The number of amides is 1. The largest absolute Gasteiger partial charge is 0.497 e. The van der Waals surface area contributed by atoms with Gasteiger partial charge in [0.25, 0.3) is 5.91 Å². The number of carbonyl (C=O) groups excluding carboxylic acids is 1. The minimum Gasteiger partial charge on any atom is -0.497 e. The van der Waals surface area contributed by atoms with Gasteiger partial charge in [0.05, 0.1) is 12.7 Å². The number of ether oxygens (including phenoxy) is 1. The monoisotopic (exact) mass is 359 g/mol. The molecule has 1 amide bonds. The summed E-state index contributed by atoms with van der Waals surface area (Å²) in [6.45, 7) is 4.37. The van der Waals surface area contributed by atoms with Crippen LogP contribution in [0.5, 0.6) is 5.75 Å². The lowest BCUT2D eigenvalue weighted by Crippen LogP contribution is -2.22. The normalized spacial score (nSPS) is 15.3. The molecular weight excluding hydrogens is 338 g/mol. The maximum atomic E-state index is 12.5. The number of carboxylic acid groups (broad SMARTS) is 1. The molecule has 0 spiro atoms. The second kappa shape index (κ2) is 6.52. The third-order valence-corrected chi connectivity index (χ3v) is 5.70. The van der Waals surface area contributed by atoms with Crippen LogP contribution in [-0.4, -0.2) is 24.1 Å². The number of methoxy groups -OCH3 is 1. The van der Waals surface area contributed by atoms with Crippen molar-refractivity contribution in [3.05, 3.63) is 45.8 Å². The zero-order chi connectivity index (χ0) is 18.2. The summed E-state index contributed by atoms with van der Waals surface area (Å²) >= 11 is 1.38. The van der Waals surface area contributed by atoms with Crippen molar-refractivity contribution >= 4 is 28.2 Å². The van der Waals surface area contributed by atoms with Gasteiger partial charge in [0.2, 0.25) is 0 Å². The highest BCUT2D eigenvalue weighted by Gasteiger charge is 2.32. The van der Waals surface area contributed by atoms with E-state index in [-0.39, 0.29) is 16.9 Å². The van der Waals surface area contributed by atoms with E-state index in [1.54, 1.807) is 24.3 Å².